The third-order valence-electron chi connectivity index (χ3n) is 6.57. The Balaban J connectivity index is 1.51. The first kappa shape index (κ1) is 22.6. The number of piperazine rings is 1. The number of urea groups is 1. The standard InChI is InChI=1S/C23H33N6O3/c1-25-21-20(22(31)26(2)23(25)32)29(10-6-9-18-7-4-3-5-8-18)19(24-21)17-28-13-11-27(12-14-28)15-16-30/h3-5,7-8,20,30H,6,9-17H2,1-2H3/q+1. The largest absolute Gasteiger partial charge is 0.395 e. The van der Waals surface area contributed by atoms with Crippen LogP contribution in [0.5, 0.6) is 0 Å². The van der Waals surface area contributed by atoms with E-state index in [1.165, 1.54) is 15.4 Å². The van der Waals surface area contributed by atoms with Crippen molar-refractivity contribution in [2.24, 2.45) is 4.99 Å². The fraction of sp³-hybridized carbons (Fsp3) is 0.565. The van der Waals surface area contributed by atoms with Crippen molar-refractivity contribution in [3.63, 3.8) is 0 Å². The lowest BCUT2D eigenvalue weighted by molar-refractivity contribution is -0.536. The van der Waals surface area contributed by atoms with Crippen LogP contribution in [0, 0.1) is 0 Å². The van der Waals surface area contributed by atoms with Crippen LogP contribution in [0.25, 0.3) is 0 Å². The summed E-state index contributed by atoms with van der Waals surface area (Å²) < 4.78 is 2.10. The molecule has 2 saturated heterocycles. The van der Waals surface area contributed by atoms with Crippen LogP contribution >= 0.6 is 0 Å². The fourth-order valence-electron chi connectivity index (χ4n) is 4.64. The number of amidine groups is 2. The summed E-state index contributed by atoms with van der Waals surface area (Å²) in [6.45, 7) is 5.82. The molecule has 1 aromatic rings. The minimum atomic E-state index is -0.538. The van der Waals surface area contributed by atoms with Gasteiger partial charge in [0.1, 0.15) is 6.54 Å². The lowest BCUT2D eigenvalue weighted by Gasteiger charge is -2.33. The molecule has 1 N–H and O–H groups in total. The van der Waals surface area contributed by atoms with Crippen LogP contribution in [-0.4, -0.2) is 125 Å². The third-order valence-corrected chi connectivity index (χ3v) is 6.57. The molecular weight excluding hydrogens is 408 g/mol. The minimum Gasteiger partial charge on any atom is -0.395 e. The van der Waals surface area contributed by atoms with Crippen molar-refractivity contribution in [3.05, 3.63) is 35.9 Å². The van der Waals surface area contributed by atoms with Crippen LogP contribution in [0.15, 0.2) is 35.3 Å². The van der Waals surface area contributed by atoms with Crippen molar-refractivity contribution in [1.29, 1.82) is 0 Å². The van der Waals surface area contributed by atoms with Crippen LogP contribution in [0.2, 0.25) is 0 Å². The zero-order chi connectivity index (χ0) is 22.7. The van der Waals surface area contributed by atoms with E-state index in [2.05, 4.69) is 26.5 Å². The Labute approximate surface area is 189 Å². The number of carbonyl (C=O) groups is 2. The fourth-order valence-corrected chi connectivity index (χ4v) is 4.64. The number of nitrogens with zero attached hydrogens (tertiary/aromatic N) is 6. The van der Waals surface area contributed by atoms with Gasteiger partial charge in [-0.3, -0.25) is 24.4 Å². The van der Waals surface area contributed by atoms with Crippen molar-refractivity contribution in [3.8, 4) is 0 Å². The summed E-state index contributed by atoms with van der Waals surface area (Å²) in [5.41, 5.74) is 1.27. The molecule has 2 fully saturated rings. The number of β-amino-alcohol motifs (C(OH)–C–C–N with tert-alkyl or cyclic N) is 1. The molecule has 3 aliphatic rings. The molecule has 0 aromatic heterocycles. The Bertz CT molecular complexity index is 908. The van der Waals surface area contributed by atoms with E-state index in [0.717, 1.165) is 44.9 Å². The van der Waals surface area contributed by atoms with E-state index in [9.17, 15) is 14.7 Å². The summed E-state index contributed by atoms with van der Waals surface area (Å²) in [5.74, 6) is 1.18. The number of aliphatic imine (C=N–C) groups is 1. The number of aryl methyl sites for hydroxylation is 1. The number of imide groups is 1. The van der Waals surface area contributed by atoms with E-state index in [1.807, 2.05) is 18.2 Å². The van der Waals surface area contributed by atoms with Gasteiger partial charge < -0.3 is 5.11 Å². The highest BCUT2D eigenvalue weighted by Crippen LogP contribution is 2.20. The highest BCUT2D eigenvalue weighted by atomic mass is 16.3. The highest BCUT2D eigenvalue weighted by Gasteiger charge is 2.52. The van der Waals surface area contributed by atoms with Crippen molar-refractivity contribution in [2.45, 2.75) is 18.9 Å². The number of aliphatic hydroxyl groups excluding tert-OH is 1. The molecule has 172 valence electrons. The molecule has 1 unspecified atom stereocenters. The van der Waals surface area contributed by atoms with Crippen molar-refractivity contribution in [2.75, 3.05) is 66.5 Å². The summed E-state index contributed by atoms with van der Waals surface area (Å²) >= 11 is 0. The van der Waals surface area contributed by atoms with Gasteiger partial charge in [0, 0.05) is 46.8 Å². The Kier molecular flexibility index (Phi) is 6.98. The normalized spacial score (nSPS) is 22.6. The molecule has 9 heteroatoms. The zero-order valence-corrected chi connectivity index (χ0v) is 19.0. The van der Waals surface area contributed by atoms with Crippen molar-refractivity contribution >= 4 is 23.6 Å². The van der Waals surface area contributed by atoms with Gasteiger partial charge in [-0.05, 0) is 23.4 Å². The van der Waals surface area contributed by atoms with E-state index in [1.54, 1.807) is 14.1 Å². The predicted octanol–water partition coefficient (Wildman–Crippen LogP) is -0.0554. The molecule has 0 saturated carbocycles. The van der Waals surface area contributed by atoms with Gasteiger partial charge in [-0.15, -0.1) is 0 Å². The number of amides is 3. The smallest absolute Gasteiger partial charge is 0.333 e. The molecule has 0 spiro atoms. The second kappa shape index (κ2) is 9.89. The molecule has 3 aliphatic heterocycles. The van der Waals surface area contributed by atoms with E-state index < -0.39 is 6.04 Å². The number of likely N-dealkylation sites (N-methyl/N-ethyl adjacent to an activating group) is 2. The minimum absolute atomic E-state index is 0.178. The van der Waals surface area contributed by atoms with Gasteiger partial charge in [-0.25, -0.2) is 9.37 Å². The Morgan fingerprint density at radius 1 is 1.03 bits per heavy atom. The first-order valence-electron chi connectivity index (χ1n) is 11.4. The molecule has 9 nitrogen and oxygen atoms in total. The van der Waals surface area contributed by atoms with E-state index in [-0.39, 0.29) is 18.5 Å². The van der Waals surface area contributed by atoms with Gasteiger partial charge in [0.15, 0.2) is 0 Å². The number of hydrogen-bond acceptors (Lipinski definition) is 6. The maximum Gasteiger partial charge on any atom is 0.333 e. The van der Waals surface area contributed by atoms with Crippen LogP contribution in [-0.2, 0) is 11.2 Å². The number of fused-ring (bicyclic) bond motifs is 1. The molecule has 1 atom stereocenters. The summed E-state index contributed by atoms with van der Waals surface area (Å²) in [5, 5.41) is 9.17. The Morgan fingerprint density at radius 3 is 2.41 bits per heavy atom. The monoisotopic (exact) mass is 441 g/mol. The van der Waals surface area contributed by atoms with Gasteiger partial charge in [-0.2, -0.15) is 0 Å². The highest BCUT2D eigenvalue weighted by molar-refractivity contribution is 6.23. The van der Waals surface area contributed by atoms with Crippen molar-refractivity contribution in [1.82, 2.24) is 19.6 Å². The molecule has 3 amide bonds. The van der Waals surface area contributed by atoms with E-state index in [4.69, 9.17) is 4.99 Å². The molecule has 0 bridgehead atoms. The number of rotatable bonds is 8. The van der Waals surface area contributed by atoms with Gasteiger partial charge in [0.2, 0.25) is 0 Å². The van der Waals surface area contributed by atoms with Crippen LogP contribution in [0.4, 0.5) is 4.79 Å². The van der Waals surface area contributed by atoms with Gasteiger partial charge in [-0.1, -0.05) is 30.3 Å². The molecule has 32 heavy (non-hydrogen) atoms. The van der Waals surface area contributed by atoms with Gasteiger partial charge in [0.25, 0.3) is 17.8 Å². The number of hydrogen-bond donors (Lipinski definition) is 1. The SMILES string of the molecule is CN1C(=O)C2C(=NC(CN3CCN(CCO)CC3)=[N+]2CCCc2ccccc2)N(C)C1=O. The maximum absolute atomic E-state index is 13.1. The van der Waals surface area contributed by atoms with Crippen molar-refractivity contribution < 1.29 is 19.3 Å². The van der Waals surface area contributed by atoms with E-state index in [0.29, 0.717) is 25.5 Å². The first-order valence-corrected chi connectivity index (χ1v) is 11.4. The molecular formula is C23H33N6O3+. The molecule has 3 heterocycles. The van der Waals surface area contributed by atoms with Crippen LogP contribution < -0.4 is 0 Å². The van der Waals surface area contributed by atoms with E-state index >= 15 is 0 Å². The topological polar surface area (TPSA) is 82.7 Å². The Hall–Kier alpha value is -2.62. The predicted molar refractivity (Wildman–Crippen MR) is 122 cm³/mol. The quantitative estimate of drug-likeness (QED) is 0.572. The Morgan fingerprint density at radius 2 is 1.72 bits per heavy atom. The molecule has 0 aliphatic carbocycles. The second-order valence-electron chi connectivity index (χ2n) is 8.65. The summed E-state index contributed by atoms with van der Waals surface area (Å²) in [6, 6.07) is 9.46. The summed E-state index contributed by atoms with van der Waals surface area (Å²) in [4.78, 5) is 37.6. The number of benzene rings is 1. The van der Waals surface area contributed by atoms with Crippen LogP contribution in [0.3, 0.4) is 0 Å². The first-order chi connectivity index (χ1) is 15.5. The molecule has 4 rings (SSSR count). The lowest BCUT2D eigenvalue weighted by Crippen LogP contribution is -2.61. The second-order valence-corrected chi connectivity index (χ2v) is 8.65. The average Bonchev–Trinajstić information content (AvgIpc) is 3.16. The zero-order valence-electron chi connectivity index (χ0n) is 19.0. The average molecular weight is 442 g/mol. The summed E-state index contributed by atoms with van der Waals surface area (Å²) in [6.07, 6.45) is 1.82. The lowest BCUT2D eigenvalue weighted by atomic mass is 10.1. The number of carbonyl (C=O) groups excluding carboxylic acids is 2. The number of aliphatic hydroxyl groups is 1. The summed E-state index contributed by atoms with van der Waals surface area (Å²) in [7, 11) is 3.23. The molecule has 0 radical (unpaired) electrons. The van der Waals surface area contributed by atoms with Gasteiger partial charge >= 0.3 is 11.9 Å². The molecule has 1 aromatic carbocycles. The maximum atomic E-state index is 13.1. The van der Waals surface area contributed by atoms with Gasteiger partial charge in [0.05, 0.1) is 13.2 Å². The third kappa shape index (κ3) is 4.60. The van der Waals surface area contributed by atoms with Crippen LogP contribution in [0.1, 0.15) is 12.0 Å².